The van der Waals surface area contributed by atoms with E-state index in [1.165, 1.54) is 17.0 Å². The Bertz CT molecular complexity index is 805. The Morgan fingerprint density at radius 3 is 2.42 bits per heavy atom. The van der Waals surface area contributed by atoms with Crippen LogP contribution in [-0.4, -0.2) is 28.9 Å². The van der Waals surface area contributed by atoms with Crippen molar-refractivity contribution in [3.8, 4) is 0 Å². The van der Waals surface area contributed by atoms with Crippen LogP contribution in [0.25, 0.3) is 0 Å². The van der Waals surface area contributed by atoms with Gasteiger partial charge in [-0.1, -0.05) is 18.2 Å². The Morgan fingerprint density at radius 1 is 1.12 bits per heavy atom. The predicted molar refractivity (Wildman–Crippen MR) is 92.7 cm³/mol. The summed E-state index contributed by atoms with van der Waals surface area (Å²) in [7, 11) is 0. The zero-order chi connectivity index (χ0) is 18.7. The first-order valence-electron chi connectivity index (χ1n) is 8.48. The molecule has 1 saturated heterocycles. The van der Waals surface area contributed by atoms with Crippen molar-refractivity contribution in [1.29, 1.82) is 0 Å². The maximum Gasteiger partial charge on any atom is 0.266 e. The average Bonchev–Trinajstić information content (AvgIpc) is 2.91. The second-order valence-corrected chi connectivity index (χ2v) is 6.46. The van der Waals surface area contributed by atoms with Crippen LogP contribution < -0.4 is 4.90 Å². The summed E-state index contributed by atoms with van der Waals surface area (Å²) >= 11 is 0. The lowest BCUT2D eigenvalue weighted by Gasteiger charge is -2.21. The minimum atomic E-state index is -2.02. The molecule has 0 saturated carbocycles. The van der Waals surface area contributed by atoms with Crippen LogP contribution in [0.1, 0.15) is 24.8 Å². The smallest absolute Gasteiger partial charge is 0.266 e. The first-order valence-corrected chi connectivity index (χ1v) is 8.48. The number of anilines is 1. The number of para-hydroxylation sites is 1. The fraction of sp³-hybridized carbons (Fsp3) is 0.300. The molecule has 1 aliphatic rings. The highest BCUT2D eigenvalue weighted by molar-refractivity contribution is 6.17. The van der Waals surface area contributed by atoms with Gasteiger partial charge in [-0.15, -0.1) is 0 Å². The molecule has 136 valence electrons. The van der Waals surface area contributed by atoms with Gasteiger partial charge in [0.25, 0.3) is 5.91 Å². The molecule has 2 aromatic rings. The van der Waals surface area contributed by atoms with Gasteiger partial charge < -0.3 is 10.0 Å². The Kier molecular flexibility index (Phi) is 5.13. The summed E-state index contributed by atoms with van der Waals surface area (Å²) in [5.74, 6) is -2.52. The van der Waals surface area contributed by atoms with Gasteiger partial charge in [-0.3, -0.25) is 9.59 Å². The molecule has 0 aliphatic carbocycles. The number of benzene rings is 2. The molecule has 4 nitrogen and oxygen atoms in total. The number of ketones is 1. The van der Waals surface area contributed by atoms with E-state index in [0.29, 0.717) is 17.7 Å². The molecule has 1 aliphatic heterocycles. The number of aryl methyl sites for hydroxylation is 1. The first-order chi connectivity index (χ1) is 12.4. The van der Waals surface area contributed by atoms with Gasteiger partial charge >= 0.3 is 0 Å². The van der Waals surface area contributed by atoms with Crippen LogP contribution in [0.4, 0.5) is 14.5 Å². The quantitative estimate of drug-likeness (QED) is 0.807. The van der Waals surface area contributed by atoms with Crippen molar-refractivity contribution < 1.29 is 23.5 Å². The van der Waals surface area contributed by atoms with Gasteiger partial charge in [0.15, 0.2) is 5.78 Å². The van der Waals surface area contributed by atoms with E-state index < -0.39 is 28.9 Å². The second kappa shape index (κ2) is 7.33. The lowest BCUT2D eigenvalue weighted by atomic mass is 9.92. The van der Waals surface area contributed by atoms with E-state index in [4.69, 9.17) is 0 Å². The van der Waals surface area contributed by atoms with Gasteiger partial charge in [0.1, 0.15) is 11.6 Å². The third-order valence-electron chi connectivity index (χ3n) is 4.62. The summed E-state index contributed by atoms with van der Waals surface area (Å²) in [5.41, 5.74) is -0.953. The molecular formula is C20H19F2NO3. The molecule has 1 amide bonds. The molecule has 3 rings (SSSR count). The number of aliphatic hydroxyl groups is 1. The Hall–Kier alpha value is -2.60. The SMILES string of the molecule is O=C(CCCc1cc(F)cc(F)c1)[C@@]1(O)CCN(c2ccccc2)C1=O. The molecular weight excluding hydrogens is 340 g/mol. The van der Waals surface area contributed by atoms with Crippen LogP contribution in [0.15, 0.2) is 48.5 Å². The molecule has 0 spiro atoms. The molecule has 1 N–H and O–H groups in total. The first kappa shape index (κ1) is 18.2. The van der Waals surface area contributed by atoms with Crippen molar-refractivity contribution in [2.45, 2.75) is 31.3 Å². The normalized spacial score (nSPS) is 19.8. The number of amides is 1. The standard InChI is InChI=1S/C20H19F2NO3/c21-15-11-14(12-16(22)13-15)5-4-8-18(24)20(26)9-10-23(19(20)25)17-6-2-1-3-7-17/h1-3,6-7,11-13,26H,4-5,8-10H2/t20-/m0/s1. The summed E-state index contributed by atoms with van der Waals surface area (Å²) < 4.78 is 26.4. The number of rotatable bonds is 6. The molecule has 1 heterocycles. The molecule has 0 bridgehead atoms. The average molecular weight is 359 g/mol. The lowest BCUT2D eigenvalue weighted by molar-refractivity contribution is -0.147. The monoisotopic (exact) mass is 359 g/mol. The summed E-state index contributed by atoms with van der Waals surface area (Å²) in [6, 6.07) is 12.1. The van der Waals surface area contributed by atoms with E-state index in [1.54, 1.807) is 24.3 Å². The maximum absolute atomic E-state index is 13.2. The summed E-state index contributed by atoms with van der Waals surface area (Å²) in [6.45, 7) is 0.264. The van der Waals surface area contributed by atoms with Crippen molar-refractivity contribution in [3.05, 3.63) is 65.7 Å². The summed E-state index contributed by atoms with van der Waals surface area (Å²) in [5, 5.41) is 10.6. The third kappa shape index (κ3) is 3.65. The van der Waals surface area contributed by atoms with Crippen molar-refractivity contribution in [2.24, 2.45) is 0 Å². The number of carbonyl (C=O) groups excluding carboxylic acids is 2. The minimum Gasteiger partial charge on any atom is -0.373 e. The fourth-order valence-corrected chi connectivity index (χ4v) is 3.23. The van der Waals surface area contributed by atoms with Crippen LogP contribution in [0, 0.1) is 11.6 Å². The highest BCUT2D eigenvalue weighted by atomic mass is 19.1. The molecule has 2 aromatic carbocycles. The minimum absolute atomic E-state index is 0.0359. The largest absolute Gasteiger partial charge is 0.373 e. The van der Waals surface area contributed by atoms with E-state index in [9.17, 15) is 23.5 Å². The molecule has 6 heteroatoms. The Balaban J connectivity index is 1.61. The molecule has 1 fully saturated rings. The topological polar surface area (TPSA) is 57.6 Å². The van der Waals surface area contributed by atoms with Crippen LogP contribution >= 0.6 is 0 Å². The second-order valence-electron chi connectivity index (χ2n) is 6.46. The van der Waals surface area contributed by atoms with Crippen molar-refractivity contribution in [1.82, 2.24) is 0 Å². The van der Waals surface area contributed by atoms with Crippen molar-refractivity contribution in [2.75, 3.05) is 11.4 Å². The third-order valence-corrected chi connectivity index (χ3v) is 4.62. The molecule has 0 aromatic heterocycles. The van der Waals surface area contributed by atoms with Gasteiger partial charge in [-0.05, 0) is 42.7 Å². The zero-order valence-electron chi connectivity index (χ0n) is 14.1. The number of hydrogen-bond donors (Lipinski definition) is 1. The van der Waals surface area contributed by atoms with Crippen LogP contribution in [0.2, 0.25) is 0 Å². The van der Waals surface area contributed by atoms with E-state index in [1.807, 2.05) is 6.07 Å². The van der Waals surface area contributed by atoms with Crippen LogP contribution in [0.5, 0.6) is 0 Å². The van der Waals surface area contributed by atoms with E-state index in [2.05, 4.69) is 0 Å². The Labute approximate surface area is 150 Å². The van der Waals surface area contributed by atoms with E-state index in [0.717, 1.165) is 6.07 Å². The number of Topliss-reactive ketones (excluding diaryl/α,β-unsaturated/α-hetero) is 1. The molecule has 0 radical (unpaired) electrons. The predicted octanol–water partition coefficient (Wildman–Crippen LogP) is 3.02. The number of carbonyl (C=O) groups is 2. The van der Waals surface area contributed by atoms with Crippen molar-refractivity contribution >= 4 is 17.4 Å². The van der Waals surface area contributed by atoms with E-state index >= 15 is 0 Å². The molecule has 1 atom stereocenters. The number of halogens is 2. The Morgan fingerprint density at radius 2 is 1.77 bits per heavy atom. The maximum atomic E-state index is 13.2. The number of hydrogen-bond acceptors (Lipinski definition) is 3. The molecule has 26 heavy (non-hydrogen) atoms. The summed E-state index contributed by atoms with van der Waals surface area (Å²) in [6.07, 6.45) is 0.576. The fourth-order valence-electron chi connectivity index (χ4n) is 3.23. The molecule has 0 unspecified atom stereocenters. The number of nitrogens with zero attached hydrogens (tertiary/aromatic N) is 1. The van der Waals surface area contributed by atoms with Gasteiger partial charge in [0, 0.05) is 31.1 Å². The van der Waals surface area contributed by atoms with Crippen LogP contribution in [-0.2, 0) is 16.0 Å². The van der Waals surface area contributed by atoms with Gasteiger partial charge in [-0.25, -0.2) is 8.78 Å². The van der Waals surface area contributed by atoms with Crippen LogP contribution in [0.3, 0.4) is 0 Å². The zero-order valence-corrected chi connectivity index (χ0v) is 14.1. The van der Waals surface area contributed by atoms with Gasteiger partial charge in [0.2, 0.25) is 5.60 Å². The van der Waals surface area contributed by atoms with E-state index in [-0.39, 0.29) is 25.8 Å². The highest BCUT2D eigenvalue weighted by Crippen LogP contribution is 2.30. The summed E-state index contributed by atoms with van der Waals surface area (Å²) in [4.78, 5) is 26.4. The van der Waals surface area contributed by atoms with Crippen molar-refractivity contribution in [3.63, 3.8) is 0 Å². The van der Waals surface area contributed by atoms with Gasteiger partial charge in [0.05, 0.1) is 0 Å². The highest BCUT2D eigenvalue weighted by Gasteiger charge is 2.50. The lowest BCUT2D eigenvalue weighted by Crippen LogP contribution is -2.46. The van der Waals surface area contributed by atoms with Gasteiger partial charge in [-0.2, -0.15) is 0 Å².